The first-order valence-corrected chi connectivity index (χ1v) is 52.8. The van der Waals surface area contributed by atoms with Crippen LogP contribution in [0, 0.1) is 0 Å². The number of carbonyl (C=O) groups is 4. The zero-order chi connectivity index (χ0) is 85.0. The van der Waals surface area contributed by atoms with Crippen LogP contribution in [0.25, 0.3) is 0 Å². The zero-order valence-electron chi connectivity index (χ0n) is 74.0. The van der Waals surface area contributed by atoms with Crippen molar-refractivity contribution >= 4 is 72.9 Å². The van der Waals surface area contributed by atoms with Gasteiger partial charge in [0.25, 0.3) is 0 Å². The van der Waals surface area contributed by atoms with Gasteiger partial charge in [0.2, 0.25) is 0 Å². The maximum Gasteiger partial charge on any atom is 0.472 e. The van der Waals surface area contributed by atoms with Crippen molar-refractivity contribution < 1.29 is 95.6 Å². The molecule has 686 valence electrons. The molecule has 0 aromatic carbocycles. The monoisotopic (exact) mass is 1730 g/mol. The summed E-state index contributed by atoms with van der Waals surface area (Å²) >= 11 is 0. The molecule has 0 aliphatic rings. The number of aliphatic hydroxyl groups excluding tert-OH is 2. The van der Waals surface area contributed by atoms with E-state index in [1.807, 2.05) is 0 Å². The summed E-state index contributed by atoms with van der Waals surface area (Å²) in [5.74, 6) is -2.85. The highest BCUT2D eigenvalue weighted by Crippen LogP contribution is 2.45. The van der Waals surface area contributed by atoms with Gasteiger partial charge in [-0.1, -0.05) is 409 Å². The number of carbonyl (C=O) groups excluding carboxylic acids is 4. The van der Waals surface area contributed by atoms with Gasteiger partial charge in [0.05, 0.1) is 51.7 Å². The zero-order valence-corrected chi connectivity index (χ0v) is 77.4. The van der Waals surface area contributed by atoms with E-state index in [1.54, 1.807) is 0 Å². The lowest BCUT2D eigenvalue weighted by atomic mass is 10.0. The van der Waals surface area contributed by atoms with E-state index in [2.05, 4.69) is 37.7 Å². The molecule has 22 nitrogen and oxygen atoms in total. The molecule has 0 aromatic rings. The van der Waals surface area contributed by atoms with E-state index >= 15 is 0 Å². The molecule has 0 aliphatic heterocycles. The minimum atomic E-state index is -4.88. The van der Waals surface area contributed by atoms with Gasteiger partial charge < -0.3 is 49.2 Å². The lowest BCUT2D eigenvalue weighted by molar-refractivity contribution is -0.219. The number of rotatable bonds is 93. The Labute approximate surface area is 714 Å². The molecular formula is C90H172N2O20P2S2-2. The molecule has 0 bridgehead atoms. The number of hydrogen-bond acceptors (Lipinski definition) is 22. The maximum absolute atomic E-state index is 13.1. The normalized spacial score (nSPS) is 14.1. The molecule has 116 heavy (non-hydrogen) atoms. The van der Waals surface area contributed by atoms with Crippen molar-refractivity contribution in [3.63, 3.8) is 0 Å². The molecule has 4 N–H and O–H groups in total. The molecule has 0 spiro atoms. The van der Waals surface area contributed by atoms with Gasteiger partial charge in [-0.15, -0.1) is 0 Å². The predicted octanol–water partition coefficient (Wildman–Crippen LogP) is 23.6. The van der Waals surface area contributed by atoms with Crippen LogP contribution >= 0.6 is 37.2 Å². The minimum absolute atomic E-state index is 0.0922. The van der Waals surface area contributed by atoms with Crippen molar-refractivity contribution in [3.05, 3.63) is 0 Å². The number of hydrogen-bond donors (Lipinski definition) is 4. The number of phosphoric acid groups is 2. The summed E-state index contributed by atoms with van der Waals surface area (Å²) in [5, 5.41) is 45.7. The van der Waals surface area contributed by atoms with Crippen molar-refractivity contribution in [3.8, 4) is 0 Å². The van der Waals surface area contributed by atoms with Crippen molar-refractivity contribution in [1.29, 1.82) is 0 Å². The van der Waals surface area contributed by atoms with Gasteiger partial charge in [-0.05, 0) is 50.3 Å². The molecule has 26 heteroatoms. The van der Waals surface area contributed by atoms with Crippen LogP contribution in [0.4, 0.5) is 0 Å². The predicted molar refractivity (Wildman–Crippen MR) is 474 cm³/mol. The Morgan fingerprint density at radius 3 is 0.681 bits per heavy atom. The van der Waals surface area contributed by atoms with Gasteiger partial charge in [-0.25, -0.2) is 9.13 Å². The molecule has 0 fully saturated rings. The van der Waals surface area contributed by atoms with Gasteiger partial charge in [-0.3, -0.25) is 47.3 Å². The molecular weight excluding hydrogens is 1560 g/mol. The molecule has 0 aromatic heterocycles. The largest absolute Gasteiger partial charge is 0.862 e. The van der Waals surface area contributed by atoms with Crippen LogP contribution in [0.3, 0.4) is 0 Å². The number of esters is 4. The van der Waals surface area contributed by atoms with Gasteiger partial charge in [-0.2, -0.15) is 0 Å². The smallest absolute Gasteiger partial charge is 0.472 e. The van der Waals surface area contributed by atoms with Crippen LogP contribution in [-0.2, 0) is 65.4 Å². The molecule has 0 rings (SSSR count). The first-order chi connectivity index (χ1) is 56.4. The fraction of sp³-hybridized carbons (Fsp3) is 0.933. The maximum atomic E-state index is 13.1. The van der Waals surface area contributed by atoms with E-state index in [1.165, 1.54) is 291 Å². The van der Waals surface area contributed by atoms with Crippen LogP contribution in [-0.4, -0.2) is 144 Å². The summed E-state index contributed by atoms with van der Waals surface area (Å²) in [6.07, 6.45) is 69.1. The third kappa shape index (κ3) is 82.6. The lowest BCUT2D eigenvalue weighted by Gasteiger charge is -2.21. The Kier molecular flexibility index (Phi) is 84.5. The van der Waals surface area contributed by atoms with E-state index in [0.29, 0.717) is 25.7 Å². The second-order valence-corrected chi connectivity index (χ2v) is 38.0. The Bertz CT molecular complexity index is 2230. The standard InChI is InChI=1S/C90H174N2O20P2S2/c1-5-9-13-17-21-25-29-33-37-41-45-49-53-57-61-65-87(97)105-77-83(111-89(99)67-63-59-55-51-47-43-39-35-31-27-23-19-15-11-7-3)79-109-113(101,102)107-75-81(73-93)91-85(95)69-71-115-116-72-70-86(96)92-82(74-94)76-108-114(103,104)110-80-84(112-90(100)68-64-60-56-52-48-44-40-36-32-28-24-20-16-12-8-4)78-106-88(98)66-62-58-54-50-46-42-38-34-30-26-22-18-14-10-6-2/h81-84,93-94H,5-80H2,1-4H3,(H,91,95)(H,92,96)(H,101,102)(H,103,104)/p-2/t81-,82-,83-,84-/m1/s1. The highest BCUT2D eigenvalue weighted by molar-refractivity contribution is 8.76. The quantitative estimate of drug-likeness (QED) is 0.00836. The first kappa shape index (κ1) is 114. The summed E-state index contributed by atoms with van der Waals surface area (Å²) in [4.78, 5) is 81.0. The van der Waals surface area contributed by atoms with Crippen molar-refractivity contribution in [2.75, 3.05) is 64.4 Å². The molecule has 0 amide bonds. The highest BCUT2D eigenvalue weighted by atomic mass is 33.1. The lowest BCUT2D eigenvalue weighted by Crippen LogP contribution is -2.30. The number of nitrogens with zero attached hydrogens (tertiary/aromatic N) is 2. The number of unbranched alkanes of at least 4 members (excludes halogenated alkanes) is 56. The second-order valence-electron chi connectivity index (χ2n) is 32.4. The van der Waals surface area contributed by atoms with Crippen molar-refractivity contribution in [2.24, 2.45) is 9.98 Å². The Morgan fingerprint density at radius 2 is 0.474 bits per heavy atom. The summed E-state index contributed by atoms with van der Waals surface area (Å²) in [6.45, 7) is 4.17. The van der Waals surface area contributed by atoms with Crippen LogP contribution in [0.1, 0.15) is 451 Å². The number of ether oxygens (including phenoxy) is 4. The molecule has 2 unspecified atom stereocenters. The van der Waals surface area contributed by atoms with E-state index < -0.39 is 128 Å². The van der Waals surface area contributed by atoms with Gasteiger partial charge >= 0.3 is 39.5 Å². The fourth-order valence-corrected chi connectivity index (χ4v) is 17.3. The number of aliphatic hydroxyl groups is 2. The molecule has 0 radical (unpaired) electrons. The molecule has 0 saturated carbocycles. The Morgan fingerprint density at radius 1 is 0.284 bits per heavy atom. The minimum Gasteiger partial charge on any atom is -0.862 e. The van der Waals surface area contributed by atoms with Crippen LogP contribution in [0.2, 0.25) is 0 Å². The number of phosphoric ester groups is 2. The fourth-order valence-electron chi connectivity index (χ4n) is 13.8. The summed E-state index contributed by atoms with van der Waals surface area (Å²) in [7, 11) is -7.26. The molecule has 0 heterocycles. The summed E-state index contributed by atoms with van der Waals surface area (Å²) in [6, 6.07) is -2.45. The van der Waals surface area contributed by atoms with Gasteiger partial charge in [0.15, 0.2) is 12.2 Å². The third-order valence-electron chi connectivity index (χ3n) is 21.1. The molecule has 6 atom stereocenters. The molecule has 0 saturated heterocycles. The second kappa shape index (κ2) is 86.2. The average Bonchev–Trinajstić information content (AvgIpc) is 0.902. The van der Waals surface area contributed by atoms with Crippen LogP contribution in [0.5, 0.6) is 0 Å². The Hall–Kier alpha value is -2.34. The van der Waals surface area contributed by atoms with E-state index in [4.69, 9.17) is 37.0 Å². The first-order valence-electron chi connectivity index (χ1n) is 47.3. The average molecular weight is 1730 g/mol. The third-order valence-corrected chi connectivity index (χ3v) is 25.4. The van der Waals surface area contributed by atoms with E-state index in [0.717, 1.165) is 89.9 Å². The molecule has 0 aliphatic carbocycles. The van der Waals surface area contributed by atoms with Crippen LogP contribution in [0.15, 0.2) is 9.98 Å². The topological polar surface area (TPSA) is 328 Å². The van der Waals surface area contributed by atoms with Gasteiger partial charge in [0.1, 0.15) is 13.2 Å². The number of aliphatic imine (C=N–C) groups is 2. The van der Waals surface area contributed by atoms with Crippen molar-refractivity contribution in [2.45, 2.75) is 476 Å². The van der Waals surface area contributed by atoms with E-state index in [9.17, 15) is 58.5 Å². The SMILES string of the molecule is CCCCCCCCCCCCCCCCCC(=O)OC[C@H](COP(=O)(O)OC[C@@H](CO)N=C([O-])CCSSCCC([O-])=N[C@H](CO)COP(=O)(O)OC[C@@H](COC(=O)CCCCCCCCCCCCCCCCC)OC(=O)CCCCCCCCCCCCCCCCC)OC(=O)CCCCCCCCCCCCCCCCC. The van der Waals surface area contributed by atoms with Crippen molar-refractivity contribution in [1.82, 2.24) is 0 Å². The summed E-state index contributed by atoms with van der Waals surface area (Å²) in [5.41, 5.74) is 0. The van der Waals surface area contributed by atoms with Crippen LogP contribution < -0.4 is 10.2 Å². The van der Waals surface area contributed by atoms with Gasteiger partial charge in [0, 0.05) is 37.2 Å². The van der Waals surface area contributed by atoms with E-state index in [-0.39, 0.29) is 50.0 Å². The Balaban J connectivity index is 5.23. The summed E-state index contributed by atoms with van der Waals surface area (Å²) < 4.78 is 69.2. The highest BCUT2D eigenvalue weighted by Gasteiger charge is 2.30.